The van der Waals surface area contributed by atoms with Gasteiger partial charge in [0.05, 0.1) is 0 Å². The first-order chi connectivity index (χ1) is 28.5. The van der Waals surface area contributed by atoms with Crippen molar-refractivity contribution in [1.29, 1.82) is 0 Å². The van der Waals surface area contributed by atoms with E-state index < -0.39 is 6.10 Å². The Morgan fingerprint density at radius 3 is 0.897 bits per heavy atom. The molecule has 0 fully saturated rings. The van der Waals surface area contributed by atoms with E-state index in [-0.39, 0.29) is 31.1 Å². The average molecular weight is 819 g/mol. The van der Waals surface area contributed by atoms with Gasteiger partial charge in [0.2, 0.25) is 0 Å². The topological polar surface area (TPSA) is 78.9 Å². The van der Waals surface area contributed by atoms with Crippen molar-refractivity contribution in [2.45, 2.75) is 290 Å². The molecule has 58 heavy (non-hydrogen) atoms. The highest BCUT2D eigenvalue weighted by atomic mass is 16.6. The minimum absolute atomic E-state index is 0.0685. The lowest BCUT2D eigenvalue weighted by atomic mass is 10.0. The second-order valence-corrected chi connectivity index (χ2v) is 17.4. The fourth-order valence-corrected chi connectivity index (χ4v) is 7.61. The summed E-state index contributed by atoms with van der Waals surface area (Å²) in [5, 5.41) is 0. The lowest BCUT2D eigenvalue weighted by Crippen LogP contribution is -2.30. The lowest BCUT2D eigenvalue weighted by molar-refractivity contribution is -0.167. The van der Waals surface area contributed by atoms with Gasteiger partial charge in [-0.3, -0.25) is 14.4 Å². The predicted octanol–water partition coefficient (Wildman–Crippen LogP) is 16.6. The molecule has 0 aromatic heterocycles. The monoisotopic (exact) mass is 819 g/mol. The largest absolute Gasteiger partial charge is 0.462 e. The third-order valence-electron chi connectivity index (χ3n) is 11.5. The first-order valence-corrected chi connectivity index (χ1v) is 25.7. The Kier molecular flexibility index (Phi) is 46.3. The third-order valence-corrected chi connectivity index (χ3v) is 11.5. The molecular formula is C52H98O6. The number of unbranched alkanes of at least 4 members (excludes halogenated alkanes) is 34. The van der Waals surface area contributed by atoms with E-state index in [4.69, 9.17) is 14.2 Å². The van der Waals surface area contributed by atoms with Crippen LogP contribution in [0.1, 0.15) is 284 Å². The van der Waals surface area contributed by atoms with Crippen LogP contribution in [0, 0.1) is 0 Å². The molecule has 0 aromatic carbocycles. The molecule has 0 amide bonds. The van der Waals surface area contributed by atoms with Crippen molar-refractivity contribution in [3.8, 4) is 0 Å². The van der Waals surface area contributed by atoms with Crippen molar-refractivity contribution < 1.29 is 28.6 Å². The van der Waals surface area contributed by atoms with Crippen LogP contribution in [-0.2, 0) is 28.6 Å². The number of esters is 3. The lowest BCUT2D eigenvalue weighted by Gasteiger charge is -2.18. The van der Waals surface area contributed by atoms with Crippen molar-refractivity contribution in [2.75, 3.05) is 13.2 Å². The summed E-state index contributed by atoms with van der Waals surface area (Å²) in [6, 6.07) is 0. The molecule has 0 aliphatic rings. The molecule has 0 rings (SSSR count). The quantitative estimate of drug-likeness (QED) is 0.0263. The molecule has 0 heterocycles. The Labute approximate surface area is 360 Å². The number of allylic oxidation sites excluding steroid dienone is 2. The molecule has 0 N–H and O–H groups in total. The molecule has 0 saturated heterocycles. The zero-order chi connectivity index (χ0) is 42.3. The molecule has 1 atom stereocenters. The fourth-order valence-electron chi connectivity index (χ4n) is 7.61. The minimum atomic E-state index is -0.766. The van der Waals surface area contributed by atoms with Gasteiger partial charge in [-0.15, -0.1) is 0 Å². The maximum atomic E-state index is 12.7. The Morgan fingerprint density at radius 1 is 0.328 bits per heavy atom. The molecule has 0 aliphatic carbocycles. The Morgan fingerprint density at radius 2 is 0.569 bits per heavy atom. The second-order valence-electron chi connectivity index (χ2n) is 17.4. The smallest absolute Gasteiger partial charge is 0.306 e. The second kappa shape index (κ2) is 47.8. The van der Waals surface area contributed by atoms with Gasteiger partial charge in [0.25, 0.3) is 0 Å². The summed E-state index contributed by atoms with van der Waals surface area (Å²) in [4.78, 5) is 37.8. The first-order valence-electron chi connectivity index (χ1n) is 25.7. The van der Waals surface area contributed by atoms with Crippen LogP contribution in [-0.4, -0.2) is 37.2 Å². The van der Waals surface area contributed by atoms with Crippen molar-refractivity contribution in [3.05, 3.63) is 12.2 Å². The standard InChI is InChI=1S/C52H98O6/c1-4-7-10-13-16-19-21-23-24-25-26-27-28-29-31-33-36-39-42-45-51(54)57-48-49(47-56-50(53)44-41-38-35-32-18-15-12-9-6-3)58-52(55)46-43-40-37-34-30-22-20-17-14-11-8-5-2/h17,20,49H,4-16,18-19,21-48H2,1-3H3/b20-17-/t49-/m1/s1. The minimum Gasteiger partial charge on any atom is -0.462 e. The average Bonchev–Trinajstić information content (AvgIpc) is 3.22. The molecule has 0 aromatic rings. The van der Waals surface area contributed by atoms with Gasteiger partial charge in [-0.1, -0.05) is 232 Å². The van der Waals surface area contributed by atoms with Crippen LogP contribution >= 0.6 is 0 Å². The van der Waals surface area contributed by atoms with E-state index in [1.165, 1.54) is 180 Å². The van der Waals surface area contributed by atoms with Crippen LogP contribution in [0.25, 0.3) is 0 Å². The number of hydrogen-bond donors (Lipinski definition) is 0. The molecule has 0 saturated carbocycles. The maximum absolute atomic E-state index is 12.7. The van der Waals surface area contributed by atoms with Gasteiger partial charge >= 0.3 is 17.9 Å². The molecule has 0 bridgehead atoms. The van der Waals surface area contributed by atoms with Crippen LogP contribution in [0.2, 0.25) is 0 Å². The molecule has 0 unspecified atom stereocenters. The number of carbonyl (C=O) groups excluding carboxylic acids is 3. The van der Waals surface area contributed by atoms with E-state index in [1.807, 2.05) is 0 Å². The Hall–Kier alpha value is -1.85. The van der Waals surface area contributed by atoms with Crippen molar-refractivity contribution in [1.82, 2.24) is 0 Å². The number of hydrogen-bond acceptors (Lipinski definition) is 6. The van der Waals surface area contributed by atoms with Crippen LogP contribution < -0.4 is 0 Å². The van der Waals surface area contributed by atoms with E-state index in [9.17, 15) is 14.4 Å². The van der Waals surface area contributed by atoms with Crippen molar-refractivity contribution in [3.63, 3.8) is 0 Å². The van der Waals surface area contributed by atoms with Crippen molar-refractivity contribution >= 4 is 17.9 Å². The molecular weight excluding hydrogens is 721 g/mol. The van der Waals surface area contributed by atoms with Crippen LogP contribution in [0.4, 0.5) is 0 Å². The van der Waals surface area contributed by atoms with Gasteiger partial charge in [0, 0.05) is 19.3 Å². The van der Waals surface area contributed by atoms with Crippen LogP contribution in [0.3, 0.4) is 0 Å². The van der Waals surface area contributed by atoms with E-state index >= 15 is 0 Å². The number of rotatable bonds is 47. The van der Waals surface area contributed by atoms with Gasteiger partial charge in [-0.25, -0.2) is 0 Å². The highest BCUT2D eigenvalue weighted by Gasteiger charge is 2.19. The fraction of sp³-hybridized carbons (Fsp3) is 0.904. The summed E-state index contributed by atoms with van der Waals surface area (Å²) < 4.78 is 16.7. The van der Waals surface area contributed by atoms with Gasteiger partial charge in [0.15, 0.2) is 6.10 Å². The summed E-state index contributed by atoms with van der Waals surface area (Å²) in [5.41, 5.74) is 0. The summed E-state index contributed by atoms with van der Waals surface area (Å²) >= 11 is 0. The zero-order valence-electron chi connectivity index (χ0n) is 39.1. The van der Waals surface area contributed by atoms with Crippen LogP contribution in [0.5, 0.6) is 0 Å². The van der Waals surface area contributed by atoms with Gasteiger partial charge < -0.3 is 14.2 Å². The molecule has 6 nitrogen and oxygen atoms in total. The van der Waals surface area contributed by atoms with Gasteiger partial charge in [-0.2, -0.15) is 0 Å². The van der Waals surface area contributed by atoms with E-state index in [1.54, 1.807) is 0 Å². The third kappa shape index (κ3) is 45.2. The molecule has 0 aliphatic heterocycles. The highest BCUT2D eigenvalue weighted by molar-refractivity contribution is 5.71. The van der Waals surface area contributed by atoms with Gasteiger partial charge in [0.1, 0.15) is 13.2 Å². The summed E-state index contributed by atoms with van der Waals surface area (Å²) in [6.07, 6.45) is 52.0. The summed E-state index contributed by atoms with van der Waals surface area (Å²) in [6.45, 7) is 6.62. The zero-order valence-corrected chi connectivity index (χ0v) is 39.1. The molecule has 6 heteroatoms. The predicted molar refractivity (Wildman–Crippen MR) is 247 cm³/mol. The number of carbonyl (C=O) groups is 3. The van der Waals surface area contributed by atoms with E-state index in [2.05, 4.69) is 32.9 Å². The molecule has 0 spiro atoms. The highest BCUT2D eigenvalue weighted by Crippen LogP contribution is 2.16. The normalized spacial score (nSPS) is 12.0. The SMILES string of the molecule is CCCCC/C=C\CCCCCCCC(=O)O[C@H](COC(=O)CCCCCCCCCCC)COC(=O)CCCCCCCCCCCCCCCCCCCCC. The summed E-state index contributed by atoms with van der Waals surface area (Å²) in [5.74, 6) is -0.866. The van der Waals surface area contributed by atoms with E-state index in [0.29, 0.717) is 19.3 Å². The number of ether oxygens (including phenoxy) is 3. The summed E-state index contributed by atoms with van der Waals surface area (Å²) in [7, 11) is 0. The Bertz CT molecular complexity index is 900. The Balaban J connectivity index is 4.22. The van der Waals surface area contributed by atoms with Crippen LogP contribution in [0.15, 0.2) is 12.2 Å². The molecule has 0 radical (unpaired) electrons. The molecule has 342 valence electrons. The first kappa shape index (κ1) is 56.1. The van der Waals surface area contributed by atoms with Gasteiger partial charge in [-0.05, 0) is 44.9 Å². The maximum Gasteiger partial charge on any atom is 0.306 e. The van der Waals surface area contributed by atoms with E-state index in [0.717, 1.165) is 64.2 Å². The van der Waals surface area contributed by atoms with Crippen molar-refractivity contribution in [2.24, 2.45) is 0 Å².